The van der Waals surface area contributed by atoms with Crippen LogP contribution in [0.3, 0.4) is 0 Å². The Kier molecular flexibility index (Phi) is 6.31. The molecule has 0 atom stereocenters. The van der Waals surface area contributed by atoms with E-state index in [1.165, 1.54) is 0 Å². The van der Waals surface area contributed by atoms with Crippen molar-refractivity contribution in [2.75, 3.05) is 33.7 Å². The van der Waals surface area contributed by atoms with Gasteiger partial charge in [0.1, 0.15) is 0 Å². The van der Waals surface area contributed by atoms with Crippen molar-refractivity contribution < 1.29 is 9.59 Å². The summed E-state index contributed by atoms with van der Waals surface area (Å²) in [7, 11) is 3.98. The fourth-order valence-corrected chi connectivity index (χ4v) is 2.36. The first-order chi connectivity index (χ1) is 11.5. The fourth-order valence-electron chi connectivity index (χ4n) is 2.36. The SMILES string of the molecule is CCCNC(=O)c1nc(C(=O)NCCCN(C)C)n2ccccc12. The van der Waals surface area contributed by atoms with E-state index < -0.39 is 0 Å². The van der Waals surface area contributed by atoms with Gasteiger partial charge in [0.25, 0.3) is 11.8 Å². The van der Waals surface area contributed by atoms with E-state index in [9.17, 15) is 9.59 Å². The molecular formula is C17H25N5O2. The van der Waals surface area contributed by atoms with Crippen molar-refractivity contribution in [2.24, 2.45) is 0 Å². The van der Waals surface area contributed by atoms with Crippen molar-refractivity contribution in [3.63, 3.8) is 0 Å². The smallest absolute Gasteiger partial charge is 0.287 e. The number of carbonyl (C=O) groups excluding carboxylic acids is 2. The van der Waals surface area contributed by atoms with Crippen LogP contribution in [0.5, 0.6) is 0 Å². The molecule has 0 aliphatic rings. The van der Waals surface area contributed by atoms with Crippen LogP contribution in [-0.4, -0.2) is 59.8 Å². The van der Waals surface area contributed by atoms with Gasteiger partial charge in [-0.2, -0.15) is 0 Å². The maximum absolute atomic E-state index is 12.4. The first kappa shape index (κ1) is 17.9. The Hall–Kier alpha value is -2.41. The summed E-state index contributed by atoms with van der Waals surface area (Å²) in [6.07, 6.45) is 3.44. The van der Waals surface area contributed by atoms with Crippen LogP contribution < -0.4 is 10.6 Å². The lowest BCUT2D eigenvalue weighted by molar-refractivity contribution is 0.0941. The molecule has 0 unspecified atom stereocenters. The van der Waals surface area contributed by atoms with Gasteiger partial charge >= 0.3 is 0 Å². The minimum Gasteiger partial charge on any atom is -0.351 e. The van der Waals surface area contributed by atoms with E-state index in [1.54, 1.807) is 16.7 Å². The third-order valence-corrected chi connectivity index (χ3v) is 3.57. The number of nitrogens with one attached hydrogen (secondary N) is 2. The molecule has 0 fully saturated rings. The Balaban J connectivity index is 2.18. The molecule has 0 aliphatic heterocycles. The maximum atomic E-state index is 12.4. The molecule has 2 N–H and O–H groups in total. The minimum atomic E-state index is -0.274. The van der Waals surface area contributed by atoms with Gasteiger partial charge in [0, 0.05) is 19.3 Å². The van der Waals surface area contributed by atoms with Gasteiger partial charge in [0.2, 0.25) is 5.82 Å². The molecule has 0 aromatic carbocycles. The Morgan fingerprint density at radius 3 is 2.62 bits per heavy atom. The monoisotopic (exact) mass is 331 g/mol. The number of hydrogen-bond acceptors (Lipinski definition) is 4. The largest absolute Gasteiger partial charge is 0.351 e. The van der Waals surface area contributed by atoms with Crippen LogP contribution in [-0.2, 0) is 0 Å². The van der Waals surface area contributed by atoms with Crippen LogP contribution in [0.2, 0.25) is 0 Å². The number of aromatic nitrogens is 2. The summed E-state index contributed by atoms with van der Waals surface area (Å²) < 4.78 is 1.65. The summed E-state index contributed by atoms with van der Waals surface area (Å²) >= 11 is 0. The molecule has 130 valence electrons. The van der Waals surface area contributed by atoms with Gasteiger partial charge in [0.05, 0.1) is 5.52 Å². The topological polar surface area (TPSA) is 78.7 Å². The van der Waals surface area contributed by atoms with Crippen molar-refractivity contribution in [2.45, 2.75) is 19.8 Å². The Bertz CT molecular complexity index is 708. The second-order valence-electron chi connectivity index (χ2n) is 5.91. The number of fused-ring (bicyclic) bond motifs is 1. The van der Waals surface area contributed by atoms with E-state index in [4.69, 9.17) is 0 Å². The molecule has 0 saturated carbocycles. The zero-order valence-electron chi connectivity index (χ0n) is 14.5. The first-order valence-electron chi connectivity index (χ1n) is 8.22. The zero-order valence-corrected chi connectivity index (χ0v) is 14.5. The van der Waals surface area contributed by atoms with E-state index in [2.05, 4.69) is 20.5 Å². The standard InChI is InChI=1S/C17H25N5O2/c1-4-9-18-16(23)14-13-8-5-6-12-22(13)15(20-14)17(24)19-10-7-11-21(2)3/h5-6,8,12H,4,7,9-11H2,1-3H3,(H,18,23)(H,19,24). The van der Waals surface area contributed by atoms with E-state index >= 15 is 0 Å². The average molecular weight is 331 g/mol. The van der Waals surface area contributed by atoms with E-state index in [1.807, 2.05) is 33.2 Å². The Labute approximate surface area is 142 Å². The van der Waals surface area contributed by atoms with Gasteiger partial charge in [0.15, 0.2) is 5.69 Å². The minimum absolute atomic E-state index is 0.233. The molecule has 7 nitrogen and oxygen atoms in total. The molecule has 2 rings (SSSR count). The fraction of sp³-hybridized carbons (Fsp3) is 0.471. The van der Waals surface area contributed by atoms with Crippen LogP contribution in [0.25, 0.3) is 5.52 Å². The second kappa shape index (κ2) is 8.44. The highest BCUT2D eigenvalue weighted by Crippen LogP contribution is 2.13. The highest BCUT2D eigenvalue weighted by atomic mass is 16.2. The first-order valence-corrected chi connectivity index (χ1v) is 8.22. The van der Waals surface area contributed by atoms with Crippen molar-refractivity contribution in [1.82, 2.24) is 24.9 Å². The van der Waals surface area contributed by atoms with Crippen LogP contribution >= 0.6 is 0 Å². The van der Waals surface area contributed by atoms with E-state index in [-0.39, 0.29) is 23.3 Å². The average Bonchev–Trinajstić information content (AvgIpc) is 2.96. The molecule has 0 aliphatic carbocycles. The van der Waals surface area contributed by atoms with Crippen LogP contribution in [0.15, 0.2) is 24.4 Å². The van der Waals surface area contributed by atoms with Crippen LogP contribution in [0.4, 0.5) is 0 Å². The predicted octanol–water partition coefficient (Wildman–Crippen LogP) is 1.16. The number of nitrogens with zero attached hydrogens (tertiary/aromatic N) is 3. The molecule has 0 saturated heterocycles. The van der Waals surface area contributed by atoms with Crippen LogP contribution in [0, 0.1) is 0 Å². The molecular weight excluding hydrogens is 306 g/mol. The third kappa shape index (κ3) is 4.32. The Morgan fingerprint density at radius 2 is 1.92 bits per heavy atom. The van der Waals surface area contributed by atoms with Crippen molar-refractivity contribution >= 4 is 17.3 Å². The lowest BCUT2D eigenvalue weighted by Gasteiger charge is -2.09. The zero-order chi connectivity index (χ0) is 17.5. The highest BCUT2D eigenvalue weighted by molar-refractivity contribution is 6.02. The maximum Gasteiger partial charge on any atom is 0.287 e. The van der Waals surface area contributed by atoms with E-state index in [0.29, 0.717) is 18.6 Å². The number of imidazole rings is 1. The molecule has 2 aromatic rings. The third-order valence-electron chi connectivity index (χ3n) is 3.57. The van der Waals surface area contributed by atoms with Gasteiger partial charge < -0.3 is 15.5 Å². The number of rotatable bonds is 8. The summed E-state index contributed by atoms with van der Waals surface area (Å²) in [5.74, 6) is -0.297. The van der Waals surface area contributed by atoms with Crippen molar-refractivity contribution in [1.29, 1.82) is 0 Å². The van der Waals surface area contributed by atoms with Gasteiger partial charge in [-0.05, 0) is 45.6 Å². The lowest BCUT2D eigenvalue weighted by atomic mass is 10.3. The summed E-state index contributed by atoms with van der Waals surface area (Å²) in [4.78, 5) is 31.0. The number of pyridine rings is 1. The molecule has 24 heavy (non-hydrogen) atoms. The lowest BCUT2D eigenvalue weighted by Crippen LogP contribution is -2.29. The number of hydrogen-bond donors (Lipinski definition) is 2. The van der Waals surface area contributed by atoms with Crippen LogP contribution in [0.1, 0.15) is 40.9 Å². The highest BCUT2D eigenvalue weighted by Gasteiger charge is 2.20. The molecule has 2 heterocycles. The number of carbonyl (C=O) groups is 2. The van der Waals surface area contributed by atoms with E-state index in [0.717, 1.165) is 19.4 Å². The number of amides is 2. The summed E-state index contributed by atoms with van der Waals surface area (Å²) in [6, 6.07) is 5.42. The summed E-state index contributed by atoms with van der Waals surface area (Å²) in [5, 5.41) is 5.67. The molecule has 0 radical (unpaired) electrons. The molecule has 7 heteroatoms. The molecule has 2 aromatic heterocycles. The van der Waals surface area contributed by atoms with Gasteiger partial charge in [-0.25, -0.2) is 4.98 Å². The normalized spacial score (nSPS) is 11.0. The molecule has 0 bridgehead atoms. The molecule has 2 amide bonds. The Morgan fingerprint density at radius 1 is 1.17 bits per heavy atom. The second-order valence-corrected chi connectivity index (χ2v) is 5.91. The van der Waals surface area contributed by atoms with Crippen molar-refractivity contribution in [3.05, 3.63) is 35.9 Å². The van der Waals surface area contributed by atoms with Gasteiger partial charge in [-0.1, -0.05) is 13.0 Å². The molecule has 0 spiro atoms. The predicted molar refractivity (Wildman–Crippen MR) is 93.3 cm³/mol. The summed E-state index contributed by atoms with van der Waals surface area (Å²) in [5.41, 5.74) is 0.909. The van der Waals surface area contributed by atoms with Gasteiger partial charge in [-0.15, -0.1) is 0 Å². The van der Waals surface area contributed by atoms with Gasteiger partial charge in [-0.3, -0.25) is 14.0 Å². The summed E-state index contributed by atoms with van der Waals surface area (Å²) in [6.45, 7) is 4.03. The van der Waals surface area contributed by atoms with Crippen molar-refractivity contribution in [3.8, 4) is 0 Å². The quantitative estimate of drug-likeness (QED) is 0.712.